The molecule has 1 N–H and O–H groups in total. The molecule has 1 unspecified atom stereocenters. The van der Waals surface area contributed by atoms with Gasteiger partial charge in [-0.1, -0.05) is 66.2 Å². The summed E-state index contributed by atoms with van der Waals surface area (Å²) in [6.45, 7) is 4.40. The molecular weight excluding hydrogens is 408 g/mol. The number of sulfonamides is 1. The molecule has 31 heavy (non-hydrogen) atoms. The van der Waals surface area contributed by atoms with Gasteiger partial charge in [-0.15, -0.1) is 0 Å². The molecule has 1 atom stereocenters. The Morgan fingerprint density at radius 2 is 1.65 bits per heavy atom. The van der Waals surface area contributed by atoms with E-state index in [0.29, 0.717) is 13.0 Å². The monoisotopic (exact) mass is 434 g/mol. The smallest absolute Gasteiger partial charge is 0.244 e. The maximum Gasteiger partial charge on any atom is 0.244 e. The van der Waals surface area contributed by atoms with Crippen LogP contribution in [-0.4, -0.2) is 24.7 Å². The predicted octanol–water partition coefficient (Wildman–Crippen LogP) is 3.74. The van der Waals surface area contributed by atoms with Gasteiger partial charge in [0.15, 0.2) is 0 Å². The van der Waals surface area contributed by atoms with Crippen LogP contribution in [0, 0.1) is 13.8 Å². The van der Waals surface area contributed by atoms with Gasteiger partial charge in [0.1, 0.15) is 6.04 Å². The van der Waals surface area contributed by atoms with Crippen molar-refractivity contribution >= 4 is 15.9 Å². The second-order valence-corrected chi connectivity index (χ2v) is 9.95. The summed E-state index contributed by atoms with van der Waals surface area (Å²) >= 11 is 0. The summed E-state index contributed by atoms with van der Waals surface area (Å²) in [4.78, 5) is 13.4. The van der Waals surface area contributed by atoms with Gasteiger partial charge in [0.25, 0.3) is 0 Å². The summed E-state index contributed by atoms with van der Waals surface area (Å²) < 4.78 is 28.4. The van der Waals surface area contributed by atoms with Gasteiger partial charge in [0.05, 0.1) is 4.90 Å². The normalized spacial score (nSPS) is 16.5. The van der Waals surface area contributed by atoms with Crippen molar-refractivity contribution in [3.05, 3.63) is 101 Å². The molecule has 0 fully saturated rings. The van der Waals surface area contributed by atoms with E-state index in [2.05, 4.69) is 5.32 Å². The number of aryl methyl sites for hydroxylation is 2. The standard InChI is InChI=1S/C25H26N2O3S/c1-18-10-12-20(13-11-18)16-26-25(28)24-15-21-7-3-4-8-22(21)17-27(24)31(29,30)23-9-5-6-19(2)14-23/h3-14,24H,15-17H2,1-2H3,(H,26,28). The topological polar surface area (TPSA) is 66.5 Å². The van der Waals surface area contributed by atoms with Crippen molar-refractivity contribution in [1.82, 2.24) is 9.62 Å². The first-order chi connectivity index (χ1) is 14.8. The molecule has 1 aliphatic rings. The van der Waals surface area contributed by atoms with Gasteiger partial charge in [0, 0.05) is 13.1 Å². The van der Waals surface area contributed by atoms with Gasteiger partial charge in [-0.25, -0.2) is 8.42 Å². The highest BCUT2D eigenvalue weighted by molar-refractivity contribution is 7.89. The van der Waals surface area contributed by atoms with Crippen molar-refractivity contribution in [1.29, 1.82) is 0 Å². The highest BCUT2D eigenvalue weighted by Gasteiger charge is 2.39. The summed E-state index contributed by atoms with van der Waals surface area (Å²) in [6.07, 6.45) is 0.348. The van der Waals surface area contributed by atoms with Crippen LogP contribution in [-0.2, 0) is 34.3 Å². The lowest BCUT2D eigenvalue weighted by molar-refractivity contribution is -0.125. The zero-order chi connectivity index (χ0) is 22.0. The summed E-state index contributed by atoms with van der Waals surface area (Å²) in [5.74, 6) is -0.286. The van der Waals surface area contributed by atoms with Gasteiger partial charge in [-0.2, -0.15) is 4.31 Å². The second-order valence-electron chi connectivity index (χ2n) is 8.06. The molecular formula is C25H26N2O3S. The molecule has 0 spiro atoms. The number of nitrogens with zero attached hydrogens (tertiary/aromatic N) is 1. The van der Waals surface area contributed by atoms with Crippen LogP contribution in [0.4, 0.5) is 0 Å². The fourth-order valence-corrected chi connectivity index (χ4v) is 5.57. The molecule has 0 radical (unpaired) electrons. The summed E-state index contributed by atoms with van der Waals surface area (Å²) in [6, 6.07) is 21.6. The van der Waals surface area contributed by atoms with Crippen LogP contribution in [0.5, 0.6) is 0 Å². The van der Waals surface area contributed by atoms with Crippen LogP contribution in [0.25, 0.3) is 0 Å². The number of hydrogen-bond donors (Lipinski definition) is 1. The first kappa shape index (κ1) is 21.3. The number of fused-ring (bicyclic) bond motifs is 1. The van der Waals surface area contributed by atoms with E-state index in [0.717, 1.165) is 27.8 Å². The minimum atomic E-state index is -3.84. The SMILES string of the molecule is Cc1ccc(CNC(=O)C2Cc3ccccc3CN2S(=O)(=O)c2cccc(C)c2)cc1. The Bertz CT molecular complexity index is 1200. The van der Waals surface area contributed by atoms with Crippen LogP contribution in [0.2, 0.25) is 0 Å². The highest BCUT2D eigenvalue weighted by Crippen LogP contribution is 2.29. The Morgan fingerprint density at radius 1 is 0.935 bits per heavy atom. The Labute approximate surface area is 183 Å². The van der Waals surface area contributed by atoms with Crippen LogP contribution in [0.1, 0.15) is 27.8 Å². The number of nitrogens with one attached hydrogen (secondary N) is 1. The zero-order valence-electron chi connectivity index (χ0n) is 17.7. The third-order valence-corrected chi connectivity index (χ3v) is 7.54. The lowest BCUT2D eigenvalue weighted by atomic mass is 9.95. The van der Waals surface area contributed by atoms with Gasteiger partial charge in [-0.05, 0) is 54.7 Å². The molecule has 0 bridgehead atoms. The van der Waals surface area contributed by atoms with Crippen molar-refractivity contribution in [2.45, 2.75) is 44.3 Å². The number of hydrogen-bond acceptors (Lipinski definition) is 3. The average molecular weight is 435 g/mol. The molecule has 4 rings (SSSR count). The first-order valence-corrected chi connectivity index (χ1v) is 11.8. The number of benzene rings is 3. The lowest BCUT2D eigenvalue weighted by Crippen LogP contribution is -2.52. The maximum atomic E-state index is 13.5. The molecule has 1 heterocycles. The van der Waals surface area contributed by atoms with Gasteiger partial charge in [0.2, 0.25) is 15.9 Å². The summed E-state index contributed by atoms with van der Waals surface area (Å²) in [5, 5.41) is 2.94. The van der Waals surface area contributed by atoms with Gasteiger partial charge in [-0.3, -0.25) is 4.79 Å². The molecule has 0 aromatic heterocycles. The van der Waals surface area contributed by atoms with Crippen LogP contribution < -0.4 is 5.32 Å². The molecule has 1 aliphatic heterocycles. The third-order valence-electron chi connectivity index (χ3n) is 5.69. The van der Waals surface area contributed by atoms with E-state index in [9.17, 15) is 13.2 Å². The third kappa shape index (κ3) is 4.55. The molecule has 3 aromatic carbocycles. The van der Waals surface area contributed by atoms with Crippen molar-refractivity contribution < 1.29 is 13.2 Å². The minimum Gasteiger partial charge on any atom is -0.351 e. The second kappa shape index (κ2) is 8.65. The fraction of sp³-hybridized carbons (Fsp3) is 0.240. The van der Waals surface area contributed by atoms with Crippen LogP contribution >= 0.6 is 0 Å². The van der Waals surface area contributed by atoms with Crippen LogP contribution in [0.3, 0.4) is 0 Å². The van der Waals surface area contributed by atoms with E-state index >= 15 is 0 Å². The summed E-state index contributed by atoms with van der Waals surface area (Å²) in [5.41, 5.74) is 4.92. The molecule has 0 aliphatic carbocycles. The Morgan fingerprint density at radius 3 is 2.35 bits per heavy atom. The highest BCUT2D eigenvalue weighted by atomic mass is 32.2. The molecule has 3 aromatic rings. The van der Waals surface area contributed by atoms with E-state index in [1.54, 1.807) is 18.2 Å². The van der Waals surface area contributed by atoms with E-state index < -0.39 is 16.1 Å². The number of carbonyl (C=O) groups is 1. The number of carbonyl (C=O) groups excluding carboxylic acids is 1. The predicted molar refractivity (Wildman–Crippen MR) is 121 cm³/mol. The van der Waals surface area contributed by atoms with Gasteiger partial charge >= 0.3 is 0 Å². The van der Waals surface area contributed by atoms with E-state index in [1.165, 1.54) is 4.31 Å². The molecule has 6 heteroatoms. The van der Waals surface area contributed by atoms with E-state index in [1.807, 2.05) is 68.4 Å². The van der Waals surface area contributed by atoms with E-state index in [-0.39, 0.29) is 17.3 Å². The largest absolute Gasteiger partial charge is 0.351 e. The Balaban J connectivity index is 1.64. The van der Waals surface area contributed by atoms with Crippen molar-refractivity contribution in [3.63, 3.8) is 0 Å². The van der Waals surface area contributed by atoms with Crippen molar-refractivity contribution in [2.24, 2.45) is 0 Å². The van der Waals surface area contributed by atoms with E-state index in [4.69, 9.17) is 0 Å². The molecule has 0 saturated heterocycles. The first-order valence-electron chi connectivity index (χ1n) is 10.3. The maximum absolute atomic E-state index is 13.5. The van der Waals surface area contributed by atoms with Crippen molar-refractivity contribution in [3.8, 4) is 0 Å². The quantitative estimate of drug-likeness (QED) is 0.665. The Kier molecular flexibility index (Phi) is 5.94. The molecule has 160 valence electrons. The van der Waals surface area contributed by atoms with Crippen molar-refractivity contribution in [2.75, 3.05) is 0 Å². The molecule has 1 amide bonds. The number of amides is 1. The average Bonchev–Trinajstić information content (AvgIpc) is 2.77. The lowest BCUT2D eigenvalue weighted by Gasteiger charge is -2.35. The zero-order valence-corrected chi connectivity index (χ0v) is 18.5. The van der Waals surface area contributed by atoms with Crippen LogP contribution in [0.15, 0.2) is 77.7 Å². The molecule has 0 saturated carbocycles. The van der Waals surface area contributed by atoms with Gasteiger partial charge < -0.3 is 5.32 Å². The minimum absolute atomic E-state index is 0.176. The Hall–Kier alpha value is -2.96. The summed E-state index contributed by atoms with van der Waals surface area (Å²) in [7, 11) is -3.84. The molecule has 5 nitrogen and oxygen atoms in total. The fourth-order valence-electron chi connectivity index (χ4n) is 3.90. The number of rotatable bonds is 5.